The molecule has 0 unspecified atom stereocenters. The second-order valence-corrected chi connectivity index (χ2v) is 6.96. The summed E-state index contributed by atoms with van der Waals surface area (Å²) in [5.74, 6) is 1.89. The quantitative estimate of drug-likeness (QED) is 0.699. The Morgan fingerprint density at radius 2 is 1.93 bits per heavy atom. The van der Waals surface area contributed by atoms with Crippen LogP contribution in [0.15, 0.2) is 60.9 Å². The van der Waals surface area contributed by atoms with Crippen molar-refractivity contribution in [1.29, 1.82) is 0 Å². The summed E-state index contributed by atoms with van der Waals surface area (Å²) in [5.41, 5.74) is 3.69. The molecule has 2 N–H and O–H groups in total. The maximum Gasteiger partial charge on any atom is 0.120 e. The third kappa shape index (κ3) is 4.31. The Balaban J connectivity index is 1.33. The topological polar surface area (TPSA) is 53.2 Å². The molecule has 5 nitrogen and oxygen atoms in total. The molecule has 1 aliphatic rings. The summed E-state index contributed by atoms with van der Waals surface area (Å²) in [6, 6.07) is 17.6. The van der Waals surface area contributed by atoms with Crippen LogP contribution in [-0.4, -0.2) is 36.2 Å². The van der Waals surface area contributed by atoms with Crippen molar-refractivity contribution in [3.8, 4) is 16.9 Å². The normalized spacial score (nSPS) is 15.1. The van der Waals surface area contributed by atoms with Crippen LogP contribution in [0.5, 0.6) is 5.75 Å². The molecule has 140 valence electrons. The largest absolute Gasteiger partial charge is 0.497 e. The van der Waals surface area contributed by atoms with Crippen molar-refractivity contribution in [3.05, 3.63) is 66.7 Å². The lowest BCUT2D eigenvalue weighted by atomic mass is 10.0. The molecule has 0 atom stereocenters. The summed E-state index contributed by atoms with van der Waals surface area (Å²) in [5, 5.41) is 3.61. The molecule has 1 saturated heterocycles. The van der Waals surface area contributed by atoms with Crippen LogP contribution in [0.25, 0.3) is 11.1 Å². The third-order valence-corrected chi connectivity index (χ3v) is 5.24. The second kappa shape index (κ2) is 8.27. The molecule has 27 heavy (non-hydrogen) atoms. The Hall–Kier alpha value is -2.79. The molecular formula is C22H26N4O. The molecule has 1 fully saturated rings. The van der Waals surface area contributed by atoms with Crippen LogP contribution in [0.2, 0.25) is 0 Å². The van der Waals surface area contributed by atoms with Gasteiger partial charge in [0.05, 0.1) is 13.7 Å². The summed E-state index contributed by atoms with van der Waals surface area (Å²) >= 11 is 0. The van der Waals surface area contributed by atoms with Crippen LogP contribution in [0.4, 0.5) is 5.69 Å². The van der Waals surface area contributed by atoms with E-state index in [1.54, 1.807) is 13.3 Å². The molecule has 0 spiro atoms. The van der Waals surface area contributed by atoms with Crippen molar-refractivity contribution in [2.45, 2.75) is 25.4 Å². The second-order valence-electron chi connectivity index (χ2n) is 6.96. The number of ether oxygens (including phenoxy) is 1. The molecule has 5 heteroatoms. The summed E-state index contributed by atoms with van der Waals surface area (Å²) in [7, 11) is 1.70. The number of aromatic nitrogens is 2. The van der Waals surface area contributed by atoms with Gasteiger partial charge in [-0.2, -0.15) is 0 Å². The molecule has 0 saturated carbocycles. The van der Waals surface area contributed by atoms with E-state index in [2.05, 4.69) is 56.6 Å². The summed E-state index contributed by atoms with van der Waals surface area (Å²) in [4.78, 5) is 9.89. The Bertz CT molecular complexity index is 837. The van der Waals surface area contributed by atoms with Crippen LogP contribution in [0.1, 0.15) is 18.7 Å². The van der Waals surface area contributed by atoms with Crippen LogP contribution < -0.4 is 15.0 Å². The zero-order chi connectivity index (χ0) is 18.5. The molecule has 0 radical (unpaired) electrons. The molecule has 0 bridgehead atoms. The van der Waals surface area contributed by atoms with Gasteiger partial charge in [-0.1, -0.05) is 24.3 Å². The number of aromatic amines is 1. The van der Waals surface area contributed by atoms with Crippen LogP contribution in [0.3, 0.4) is 0 Å². The average Bonchev–Trinajstić information content (AvgIpc) is 3.26. The van der Waals surface area contributed by atoms with E-state index < -0.39 is 0 Å². The number of nitrogens with one attached hydrogen (secondary N) is 2. The van der Waals surface area contributed by atoms with Crippen LogP contribution in [0, 0.1) is 0 Å². The minimum absolute atomic E-state index is 0.558. The minimum Gasteiger partial charge on any atom is -0.497 e. The molecule has 3 aromatic rings. The van der Waals surface area contributed by atoms with Crippen LogP contribution in [-0.2, 0) is 6.54 Å². The van der Waals surface area contributed by atoms with Crippen molar-refractivity contribution in [2.75, 3.05) is 25.1 Å². The number of hydrogen-bond acceptors (Lipinski definition) is 4. The Morgan fingerprint density at radius 1 is 1.11 bits per heavy atom. The minimum atomic E-state index is 0.558. The van der Waals surface area contributed by atoms with Crippen molar-refractivity contribution >= 4 is 5.69 Å². The zero-order valence-electron chi connectivity index (χ0n) is 15.7. The first-order valence-electron chi connectivity index (χ1n) is 9.53. The van der Waals surface area contributed by atoms with Crippen molar-refractivity contribution in [2.24, 2.45) is 0 Å². The fourth-order valence-corrected chi connectivity index (χ4v) is 3.64. The molecule has 2 heterocycles. The zero-order valence-corrected chi connectivity index (χ0v) is 15.7. The molecule has 0 amide bonds. The fraction of sp³-hybridized carbons (Fsp3) is 0.318. The van der Waals surface area contributed by atoms with Gasteiger partial charge in [-0.3, -0.25) is 0 Å². The number of benzene rings is 2. The number of methoxy groups -OCH3 is 1. The standard InChI is InChI=1S/C22H26N4O/c1-27-21-4-2-3-18(15-21)17-5-7-20(8-6-17)26-13-9-19(10-14-26)25-16-22-23-11-12-24-22/h2-8,11-12,15,19,25H,9-10,13-14,16H2,1H3,(H,23,24). The Labute approximate surface area is 160 Å². The van der Waals surface area contributed by atoms with Crippen LogP contribution >= 0.6 is 0 Å². The number of nitrogens with zero attached hydrogens (tertiary/aromatic N) is 2. The first-order valence-corrected chi connectivity index (χ1v) is 9.53. The van der Waals surface area contributed by atoms with Gasteiger partial charge in [0, 0.05) is 37.2 Å². The summed E-state index contributed by atoms with van der Waals surface area (Å²) in [6.45, 7) is 2.97. The first-order chi connectivity index (χ1) is 13.3. The lowest BCUT2D eigenvalue weighted by Crippen LogP contribution is -2.42. The monoisotopic (exact) mass is 362 g/mol. The van der Waals surface area contributed by atoms with Gasteiger partial charge in [0.15, 0.2) is 0 Å². The molecule has 1 aromatic heterocycles. The highest BCUT2D eigenvalue weighted by molar-refractivity contribution is 5.67. The predicted molar refractivity (Wildman–Crippen MR) is 109 cm³/mol. The number of rotatable bonds is 6. The van der Waals surface area contributed by atoms with E-state index in [4.69, 9.17) is 4.74 Å². The van der Waals surface area contributed by atoms with E-state index in [9.17, 15) is 0 Å². The third-order valence-electron chi connectivity index (χ3n) is 5.24. The van der Waals surface area contributed by atoms with E-state index in [1.807, 2.05) is 18.3 Å². The molecule has 2 aromatic carbocycles. The van der Waals surface area contributed by atoms with Gasteiger partial charge in [0.2, 0.25) is 0 Å². The van der Waals surface area contributed by atoms with Gasteiger partial charge < -0.3 is 19.9 Å². The summed E-state index contributed by atoms with van der Waals surface area (Å²) < 4.78 is 5.33. The number of anilines is 1. The number of H-pyrrole nitrogens is 1. The van der Waals surface area contributed by atoms with Gasteiger partial charge >= 0.3 is 0 Å². The molecule has 1 aliphatic heterocycles. The maximum atomic E-state index is 5.33. The number of piperidine rings is 1. The van der Waals surface area contributed by atoms with Gasteiger partial charge in [-0.05, 0) is 48.2 Å². The smallest absolute Gasteiger partial charge is 0.120 e. The highest BCUT2D eigenvalue weighted by Crippen LogP contribution is 2.27. The predicted octanol–water partition coefficient (Wildman–Crippen LogP) is 3.84. The Morgan fingerprint density at radius 3 is 2.63 bits per heavy atom. The molecule has 4 rings (SSSR count). The van der Waals surface area contributed by atoms with E-state index in [1.165, 1.54) is 16.8 Å². The SMILES string of the molecule is COc1cccc(-c2ccc(N3CCC(NCc4ncc[nH]4)CC3)cc2)c1. The van der Waals surface area contributed by atoms with E-state index >= 15 is 0 Å². The van der Waals surface area contributed by atoms with Gasteiger partial charge in [0.25, 0.3) is 0 Å². The average molecular weight is 362 g/mol. The maximum absolute atomic E-state index is 5.33. The van der Waals surface area contributed by atoms with Gasteiger partial charge in [-0.25, -0.2) is 4.98 Å². The highest BCUT2D eigenvalue weighted by Gasteiger charge is 2.19. The lowest BCUT2D eigenvalue weighted by Gasteiger charge is -2.34. The number of hydrogen-bond donors (Lipinski definition) is 2. The first kappa shape index (κ1) is 17.6. The van der Waals surface area contributed by atoms with Gasteiger partial charge in [-0.15, -0.1) is 0 Å². The summed E-state index contributed by atoms with van der Waals surface area (Å²) in [6.07, 6.45) is 5.97. The van der Waals surface area contributed by atoms with E-state index in [0.29, 0.717) is 6.04 Å². The Kier molecular flexibility index (Phi) is 5.39. The molecule has 0 aliphatic carbocycles. The van der Waals surface area contributed by atoms with Crippen molar-refractivity contribution in [3.63, 3.8) is 0 Å². The van der Waals surface area contributed by atoms with E-state index in [-0.39, 0.29) is 0 Å². The fourth-order valence-electron chi connectivity index (χ4n) is 3.64. The highest BCUT2D eigenvalue weighted by atomic mass is 16.5. The molecular weight excluding hydrogens is 336 g/mol. The van der Waals surface area contributed by atoms with Crippen molar-refractivity contribution in [1.82, 2.24) is 15.3 Å². The van der Waals surface area contributed by atoms with Gasteiger partial charge in [0.1, 0.15) is 11.6 Å². The lowest BCUT2D eigenvalue weighted by molar-refractivity contribution is 0.410. The van der Waals surface area contributed by atoms with Crippen molar-refractivity contribution < 1.29 is 4.74 Å². The van der Waals surface area contributed by atoms with E-state index in [0.717, 1.165) is 44.0 Å². The number of imidazole rings is 1.